The van der Waals surface area contributed by atoms with Crippen LogP contribution in [-0.2, 0) is 0 Å². The van der Waals surface area contributed by atoms with Crippen LogP contribution in [0, 0.1) is 6.92 Å². The Morgan fingerprint density at radius 3 is 2.50 bits per heavy atom. The van der Waals surface area contributed by atoms with Crippen molar-refractivity contribution in [2.45, 2.75) is 6.92 Å². The zero-order valence-electron chi connectivity index (χ0n) is 10.2. The average molecular weight is 261 g/mol. The molecular weight excluding hydrogens is 248 g/mol. The zero-order valence-corrected chi connectivity index (χ0v) is 11.0. The second-order valence-electron chi connectivity index (χ2n) is 4.05. The lowest BCUT2D eigenvalue weighted by Crippen LogP contribution is -2.02. The third kappa shape index (κ3) is 2.54. The minimum Gasteiger partial charge on any atom is -0.495 e. The van der Waals surface area contributed by atoms with E-state index >= 15 is 0 Å². The predicted octanol–water partition coefficient (Wildman–Crippen LogP) is 3.89. The summed E-state index contributed by atoms with van der Waals surface area (Å²) in [5.41, 5.74) is 2.29. The number of hydrogen-bond donors (Lipinski definition) is 0. The van der Waals surface area contributed by atoms with Crippen LogP contribution in [0.4, 0.5) is 0 Å². The van der Waals surface area contributed by atoms with E-state index in [9.17, 15) is 4.79 Å². The van der Waals surface area contributed by atoms with Gasteiger partial charge in [-0.1, -0.05) is 35.4 Å². The second-order valence-corrected chi connectivity index (χ2v) is 4.46. The van der Waals surface area contributed by atoms with E-state index in [1.807, 2.05) is 25.1 Å². The molecule has 2 rings (SSSR count). The van der Waals surface area contributed by atoms with E-state index in [2.05, 4.69) is 0 Å². The first kappa shape index (κ1) is 12.7. The molecule has 0 radical (unpaired) electrons. The molecule has 3 heteroatoms. The van der Waals surface area contributed by atoms with E-state index in [1.165, 1.54) is 7.11 Å². The number of methoxy groups -OCH3 is 1. The van der Waals surface area contributed by atoms with E-state index in [-0.39, 0.29) is 5.78 Å². The fourth-order valence-electron chi connectivity index (χ4n) is 1.75. The molecule has 0 spiro atoms. The summed E-state index contributed by atoms with van der Waals surface area (Å²) in [6.07, 6.45) is 0. The van der Waals surface area contributed by atoms with E-state index in [0.717, 1.165) is 5.56 Å². The Bertz CT molecular complexity index is 591. The molecule has 0 saturated carbocycles. The van der Waals surface area contributed by atoms with Crippen LogP contribution in [0.15, 0.2) is 42.5 Å². The van der Waals surface area contributed by atoms with Crippen LogP contribution in [0.2, 0.25) is 5.02 Å². The molecule has 0 aliphatic carbocycles. The van der Waals surface area contributed by atoms with Gasteiger partial charge in [0, 0.05) is 11.1 Å². The van der Waals surface area contributed by atoms with Crippen molar-refractivity contribution in [1.82, 2.24) is 0 Å². The van der Waals surface area contributed by atoms with Gasteiger partial charge >= 0.3 is 0 Å². The number of benzene rings is 2. The molecule has 0 bridgehead atoms. The van der Waals surface area contributed by atoms with Crippen molar-refractivity contribution in [2.24, 2.45) is 0 Å². The van der Waals surface area contributed by atoms with Crippen LogP contribution in [-0.4, -0.2) is 12.9 Å². The molecule has 0 aromatic heterocycles. The van der Waals surface area contributed by atoms with Gasteiger partial charge in [-0.25, -0.2) is 0 Å². The molecular formula is C15H13ClO2. The van der Waals surface area contributed by atoms with Crippen LogP contribution in [0.5, 0.6) is 5.75 Å². The second kappa shape index (κ2) is 5.23. The third-order valence-corrected chi connectivity index (χ3v) is 3.01. The summed E-state index contributed by atoms with van der Waals surface area (Å²) in [6.45, 7) is 1.96. The summed E-state index contributed by atoms with van der Waals surface area (Å²) in [5, 5.41) is 0.498. The molecule has 2 aromatic carbocycles. The Balaban J connectivity index is 2.40. The van der Waals surface area contributed by atoms with Gasteiger partial charge in [0.1, 0.15) is 5.75 Å². The molecule has 0 N–H and O–H groups in total. The van der Waals surface area contributed by atoms with Gasteiger partial charge in [0.25, 0.3) is 0 Å². The molecule has 0 heterocycles. The number of carbonyl (C=O) groups is 1. The lowest BCUT2D eigenvalue weighted by molar-refractivity contribution is 0.103. The molecule has 0 atom stereocenters. The highest BCUT2D eigenvalue weighted by molar-refractivity contribution is 6.32. The molecule has 2 aromatic rings. The Morgan fingerprint density at radius 2 is 1.83 bits per heavy atom. The highest BCUT2D eigenvalue weighted by Crippen LogP contribution is 2.26. The lowest BCUT2D eigenvalue weighted by atomic mass is 10.0. The van der Waals surface area contributed by atoms with Crippen molar-refractivity contribution in [1.29, 1.82) is 0 Å². The van der Waals surface area contributed by atoms with Gasteiger partial charge in [0.15, 0.2) is 5.78 Å². The third-order valence-electron chi connectivity index (χ3n) is 2.69. The summed E-state index contributed by atoms with van der Waals surface area (Å²) >= 11 is 5.94. The molecule has 2 nitrogen and oxygen atoms in total. The van der Waals surface area contributed by atoms with Crippen LogP contribution in [0.3, 0.4) is 0 Å². The standard InChI is InChI=1S/C15H13ClO2/c1-10-4-3-5-11(8-10)15(17)12-6-7-13(16)14(9-12)18-2/h3-9H,1-2H3. The average Bonchev–Trinajstić information content (AvgIpc) is 2.38. The molecule has 92 valence electrons. The Kier molecular flexibility index (Phi) is 3.68. The number of carbonyl (C=O) groups excluding carboxylic acids is 1. The maximum Gasteiger partial charge on any atom is 0.193 e. The van der Waals surface area contributed by atoms with Crippen LogP contribution in [0.25, 0.3) is 0 Å². The van der Waals surface area contributed by atoms with E-state index in [1.54, 1.807) is 24.3 Å². The summed E-state index contributed by atoms with van der Waals surface area (Å²) in [5.74, 6) is 0.476. The van der Waals surface area contributed by atoms with Gasteiger partial charge in [-0.15, -0.1) is 0 Å². The fraction of sp³-hybridized carbons (Fsp3) is 0.133. The van der Waals surface area contributed by atoms with Gasteiger partial charge in [-0.3, -0.25) is 4.79 Å². The van der Waals surface area contributed by atoms with Gasteiger partial charge in [-0.2, -0.15) is 0 Å². The summed E-state index contributed by atoms with van der Waals surface area (Å²) in [7, 11) is 1.53. The van der Waals surface area contributed by atoms with Crippen LogP contribution >= 0.6 is 11.6 Å². The fourth-order valence-corrected chi connectivity index (χ4v) is 1.95. The van der Waals surface area contributed by atoms with Gasteiger partial charge in [0.05, 0.1) is 12.1 Å². The number of ketones is 1. The summed E-state index contributed by atoms with van der Waals surface area (Å²) in [4.78, 5) is 12.3. The maximum absolute atomic E-state index is 12.3. The van der Waals surface area contributed by atoms with E-state index in [4.69, 9.17) is 16.3 Å². The van der Waals surface area contributed by atoms with Crippen molar-refractivity contribution in [3.8, 4) is 5.75 Å². The highest BCUT2D eigenvalue weighted by atomic mass is 35.5. The smallest absolute Gasteiger partial charge is 0.193 e. The quantitative estimate of drug-likeness (QED) is 0.783. The van der Waals surface area contributed by atoms with Crippen molar-refractivity contribution in [3.63, 3.8) is 0 Å². The van der Waals surface area contributed by atoms with Crippen molar-refractivity contribution >= 4 is 17.4 Å². The lowest BCUT2D eigenvalue weighted by Gasteiger charge is -2.06. The first-order valence-corrected chi connectivity index (χ1v) is 5.94. The molecule has 0 fully saturated rings. The minimum absolute atomic E-state index is 0.0336. The Labute approximate surface area is 111 Å². The SMILES string of the molecule is COc1cc(C(=O)c2cccc(C)c2)ccc1Cl. The van der Waals surface area contributed by atoms with Gasteiger partial charge in [-0.05, 0) is 31.2 Å². The summed E-state index contributed by atoms with van der Waals surface area (Å²) < 4.78 is 5.11. The molecule has 0 aliphatic rings. The number of hydrogen-bond acceptors (Lipinski definition) is 2. The first-order chi connectivity index (χ1) is 8.61. The zero-order chi connectivity index (χ0) is 13.1. The van der Waals surface area contributed by atoms with Crippen LogP contribution in [0.1, 0.15) is 21.5 Å². The highest BCUT2D eigenvalue weighted by Gasteiger charge is 2.11. The van der Waals surface area contributed by atoms with Gasteiger partial charge in [0.2, 0.25) is 0 Å². The molecule has 18 heavy (non-hydrogen) atoms. The number of rotatable bonds is 3. The van der Waals surface area contributed by atoms with E-state index < -0.39 is 0 Å². The largest absolute Gasteiger partial charge is 0.495 e. The number of aryl methyl sites for hydroxylation is 1. The topological polar surface area (TPSA) is 26.3 Å². The van der Waals surface area contributed by atoms with Crippen molar-refractivity contribution in [3.05, 3.63) is 64.2 Å². The Hall–Kier alpha value is -1.80. The van der Waals surface area contributed by atoms with E-state index in [0.29, 0.717) is 21.9 Å². The van der Waals surface area contributed by atoms with Crippen molar-refractivity contribution < 1.29 is 9.53 Å². The molecule has 0 aliphatic heterocycles. The normalized spacial score (nSPS) is 10.2. The molecule has 0 unspecified atom stereocenters. The minimum atomic E-state index is -0.0336. The maximum atomic E-state index is 12.3. The van der Waals surface area contributed by atoms with Crippen molar-refractivity contribution in [2.75, 3.05) is 7.11 Å². The number of halogens is 1. The predicted molar refractivity (Wildman–Crippen MR) is 72.6 cm³/mol. The molecule has 0 saturated heterocycles. The first-order valence-electron chi connectivity index (χ1n) is 5.56. The van der Waals surface area contributed by atoms with Crippen LogP contribution < -0.4 is 4.74 Å². The summed E-state index contributed by atoms with van der Waals surface area (Å²) in [6, 6.07) is 12.5. The number of ether oxygens (including phenoxy) is 1. The van der Waals surface area contributed by atoms with Gasteiger partial charge < -0.3 is 4.74 Å². The Morgan fingerprint density at radius 1 is 1.11 bits per heavy atom. The molecule has 0 amide bonds. The monoisotopic (exact) mass is 260 g/mol.